The maximum Gasteiger partial charge on any atom is 0.240 e. The van der Waals surface area contributed by atoms with Crippen LogP contribution in [0.5, 0.6) is 11.5 Å². The fraction of sp³-hybridized carbons (Fsp3) is 0.632. The highest BCUT2D eigenvalue weighted by molar-refractivity contribution is 7.89. The maximum atomic E-state index is 12.7. The van der Waals surface area contributed by atoms with Crippen LogP contribution in [0.15, 0.2) is 17.0 Å². The Bertz CT molecular complexity index is 795. The van der Waals surface area contributed by atoms with Crippen molar-refractivity contribution in [2.75, 3.05) is 47.9 Å². The van der Waals surface area contributed by atoms with Crippen molar-refractivity contribution in [2.45, 2.75) is 37.1 Å². The van der Waals surface area contributed by atoms with Gasteiger partial charge < -0.3 is 14.4 Å². The van der Waals surface area contributed by atoms with Crippen LogP contribution in [0.25, 0.3) is 0 Å². The lowest BCUT2D eigenvalue weighted by Gasteiger charge is -2.26. The predicted molar refractivity (Wildman–Crippen MR) is 107 cm³/mol. The van der Waals surface area contributed by atoms with Crippen LogP contribution < -0.4 is 14.2 Å². The lowest BCUT2D eigenvalue weighted by atomic mass is 10.2. The SMILES string of the molecule is COc1cc(C)c(S(=O)(=O)NCCCN2CCCC2C(=O)N(C)C)cc1OC. The summed E-state index contributed by atoms with van der Waals surface area (Å²) >= 11 is 0. The van der Waals surface area contributed by atoms with Gasteiger partial charge in [-0.15, -0.1) is 0 Å². The maximum absolute atomic E-state index is 12.7. The summed E-state index contributed by atoms with van der Waals surface area (Å²) < 4.78 is 38.5. The van der Waals surface area contributed by atoms with Crippen molar-refractivity contribution in [1.29, 1.82) is 0 Å². The number of amides is 1. The van der Waals surface area contributed by atoms with Crippen molar-refractivity contribution in [1.82, 2.24) is 14.5 Å². The van der Waals surface area contributed by atoms with Crippen molar-refractivity contribution in [3.05, 3.63) is 17.7 Å². The molecule has 8 nitrogen and oxygen atoms in total. The van der Waals surface area contributed by atoms with Crippen LogP contribution in [0, 0.1) is 6.92 Å². The number of nitrogens with zero attached hydrogens (tertiary/aromatic N) is 2. The number of likely N-dealkylation sites (tertiary alicyclic amines) is 1. The summed E-state index contributed by atoms with van der Waals surface area (Å²) in [6.45, 7) is 3.57. The number of hydrogen-bond acceptors (Lipinski definition) is 6. The Balaban J connectivity index is 1.96. The van der Waals surface area contributed by atoms with Crippen LogP contribution in [0.3, 0.4) is 0 Å². The molecule has 1 N–H and O–H groups in total. The standard InChI is InChI=1S/C19H31N3O5S/c1-14-12-16(26-4)17(27-5)13-18(14)28(24,25)20-9-7-11-22-10-6-8-15(22)19(23)21(2)3/h12-13,15,20H,6-11H2,1-5H3. The number of hydrogen-bond donors (Lipinski definition) is 1. The van der Waals surface area contributed by atoms with Crippen molar-refractivity contribution in [3.63, 3.8) is 0 Å². The first kappa shape index (κ1) is 22.4. The molecule has 1 heterocycles. The van der Waals surface area contributed by atoms with Gasteiger partial charge in [0.05, 0.1) is 25.2 Å². The number of aryl methyl sites for hydroxylation is 1. The van der Waals surface area contributed by atoms with Gasteiger partial charge in [0.15, 0.2) is 11.5 Å². The quantitative estimate of drug-likeness (QED) is 0.613. The van der Waals surface area contributed by atoms with Gasteiger partial charge in [-0.1, -0.05) is 0 Å². The Labute approximate surface area is 167 Å². The highest BCUT2D eigenvalue weighted by atomic mass is 32.2. The van der Waals surface area contributed by atoms with E-state index in [0.717, 1.165) is 19.4 Å². The van der Waals surface area contributed by atoms with Crippen LogP contribution in [0.1, 0.15) is 24.8 Å². The largest absolute Gasteiger partial charge is 0.493 e. The molecule has 1 fully saturated rings. The van der Waals surface area contributed by atoms with Crippen molar-refractivity contribution in [2.24, 2.45) is 0 Å². The van der Waals surface area contributed by atoms with Gasteiger partial charge in [-0.2, -0.15) is 0 Å². The Morgan fingerprint density at radius 3 is 2.50 bits per heavy atom. The Morgan fingerprint density at radius 1 is 1.25 bits per heavy atom. The highest BCUT2D eigenvalue weighted by Crippen LogP contribution is 2.32. The van der Waals surface area contributed by atoms with E-state index >= 15 is 0 Å². The third-order valence-corrected chi connectivity index (χ3v) is 6.58. The summed E-state index contributed by atoms with van der Waals surface area (Å²) in [4.78, 5) is 16.2. The number of carbonyl (C=O) groups is 1. The van der Waals surface area contributed by atoms with Gasteiger partial charge in [0.1, 0.15) is 0 Å². The summed E-state index contributed by atoms with van der Waals surface area (Å²) in [5, 5.41) is 0. The number of ether oxygens (including phenoxy) is 2. The second-order valence-electron chi connectivity index (χ2n) is 7.15. The minimum atomic E-state index is -3.67. The smallest absolute Gasteiger partial charge is 0.240 e. The van der Waals surface area contributed by atoms with Gasteiger partial charge in [-0.3, -0.25) is 9.69 Å². The minimum Gasteiger partial charge on any atom is -0.493 e. The van der Waals surface area contributed by atoms with Gasteiger partial charge in [-0.05, 0) is 44.4 Å². The highest BCUT2D eigenvalue weighted by Gasteiger charge is 2.31. The molecule has 1 aromatic carbocycles. The number of likely N-dealkylation sites (N-methyl/N-ethyl adjacent to an activating group) is 1. The molecule has 0 bridgehead atoms. The van der Waals surface area contributed by atoms with Gasteiger partial charge in [0.2, 0.25) is 15.9 Å². The molecule has 28 heavy (non-hydrogen) atoms. The van der Waals surface area contributed by atoms with Gasteiger partial charge >= 0.3 is 0 Å². The van der Waals surface area contributed by atoms with Gasteiger partial charge in [0, 0.05) is 33.3 Å². The lowest BCUT2D eigenvalue weighted by Crippen LogP contribution is -2.43. The molecule has 0 spiro atoms. The van der Waals surface area contributed by atoms with E-state index in [2.05, 4.69) is 9.62 Å². The molecule has 1 aliphatic heterocycles. The second kappa shape index (κ2) is 9.58. The average Bonchev–Trinajstić information content (AvgIpc) is 3.12. The normalized spacial score (nSPS) is 17.5. The zero-order valence-corrected chi connectivity index (χ0v) is 18.1. The van der Waals surface area contributed by atoms with Crippen molar-refractivity contribution >= 4 is 15.9 Å². The fourth-order valence-electron chi connectivity index (χ4n) is 3.49. The topological polar surface area (TPSA) is 88.2 Å². The first-order chi connectivity index (χ1) is 13.2. The van der Waals surface area contributed by atoms with Crippen LogP contribution >= 0.6 is 0 Å². The Morgan fingerprint density at radius 2 is 1.89 bits per heavy atom. The summed E-state index contributed by atoms with van der Waals surface area (Å²) in [7, 11) is 2.84. The van der Waals surface area contributed by atoms with Gasteiger partial charge in [-0.25, -0.2) is 13.1 Å². The summed E-state index contributed by atoms with van der Waals surface area (Å²) in [6, 6.07) is 3.03. The van der Waals surface area contributed by atoms with E-state index in [1.54, 1.807) is 32.0 Å². The monoisotopic (exact) mass is 413 g/mol. The van der Waals surface area contributed by atoms with Crippen molar-refractivity contribution < 1.29 is 22.7 Å². The first-order valence-electron chi connectivity index (χ1n) is 9.38. The third kappa shape index (κ3) is 5.15. The molecular weight excluding hydrogens is 382 g/mol. The number of methoxy groups -OCH3 is 2. The van der Waals surface area contributed by atoms with Crippen molar-refractivity contribution in [3.8, 4) is 11.5 Å². The number of nitrogens with one attached hydrogen (secondary N) is 1. The van der Waals surface area contributed by atoms with E-state index in [4.69, 9.17) is 9.47 Å². The third-order valence-electron chi connectivity index (χ3n) is 4.97. The van der Waals surface area contributed by atoms with E-state index in [-0.39, 0.29) is 16.8 Å². The molecule has 0 saturated carbocycles. The molecule has 9 heteroatoms. The van der Waals surface area contributed by atoms with E-state index in [9.17, 15) is 13.2 Å². The summed E-state index contributed by atoms with van der Waals surface area (Å²) in [6.07, 6.45) is 2.47. The molecule has 1 aliphatic rings. The zero-order valence-electron chi connectivity index (χ0n) is 17.3. The number of rotatable bonds is 9. The number of benzene rings is 1. The lowest BCUT2D eigenvalue weighted by molar-refractivity contribution is -0.133. The molecule has 1 amide bonds. The van der Waals surface area contributed by atoms with E-state index < -0.39 is 10.0 Å². The van der Waals surface area contributed by atoms with Gasteiger partial charge in [0.25, 0.3) is 0 Å². The Kier molecular flexibility index (Phi) is 7.68. The van der Waals surface area contributed by atoms with Crippen LogP contribution in [0.4, 0.5) is 0 Å². The predicted octanol–water partition coefficient (Wildman–Crippen LogP) is 1.23. The molecule has 2 rings (SSSR count). The van der Waals surface area contributed by atoms with Crippen LogP contribution in [-0.4, -0.2) is 78.1 Å². The summed E-state index contributed by atoms with van der Waals surface area (Å²) in [5.74, 6) is 0.971. The molecular formula is C19H31N3O5S. The van der Waals surface area contributed by atoms with E-state index in [1.165, 1.54) is 20.3 Å². The molecule has 158 valence electrons. The molecule has 0 radical (unpaired) electrons. The van der Waals surface area contributed by atoms with Crippen LogP contribution in [0.2, 0.25) is 0 Å². The van der Waals surface area contributed by atoms with E-state index in [0.29, 0.717) is 36.6 Å². The first-order valence-corrected chi connectivity index (χ1v) is 10.9. The molecule has 1 saturated heterocycles. The number of carbonyl (C=O) groups excluding carboxylic acids is 1. The zero-order chi connectivity index (χ0) is 20.9. The van der Waals surface area contributed by atoms with E-state index in [1.807, 2.05) is 0 Å². The number of sulfonamides is 1. The fourth-order valence-corrected chi connectivity index (χ4v) is 4.80. The molecule has 1 unspecified atom stereocenters. The molecule has 1 aromatic rings. The van der Waals surface area contributed by atoms with Crippen LogP contribution in [-0.2, 0) is 14.8 Å². The molecule has 1 atom stereocenters. The molecule has 0 aliphatic carbocycles. The summed E-state index contributed by atoms with van der Waals surface area (Å²) in [5.41, 5.74) is 0.585. The minimum absolute atomic E-state index is 0.0975. The average molecular weight is 414 g/mol. The second-order valence-corrected chi connectivity index (χ2v) is 8.89. The Hall–Kier alpha value is -1.84. The molecule has 0 aromatic heterocycles.